The number of aromatic nitrogens is 4. The molecule has 4 aromatic rings. The number of imidazole rings is 1. The minimum Gasteiger partial charge on any atom is -0.434 e. The van der Waals surface area contributed by atoms with Crippen molar-refractivity contribution < 1.29 is 18.3 Å². The number of ether oxygens (including phenoxy) is 1. The summed E-state index contributed by atoms with van der Waals surface area (Å²) in [7, 11) is 0. The third-order valence-corrected chi connectivity index (χ3v) is 8.27. The second-order valence-corrected chi connectivity index (χ2v) is 11.1. The van der Waals surface area contributed by atoms with Gasteiger partial charge in [0, 0.05) is 54.5 Å². The number of nitrogens with zero attached hydrogens (tertiary/aromatic N) is 5. The van der Waals surface area contributed by atoms with Crippen LogP contribution < -0.4 is 4.74 Å². The van der Waals surface area contributed by atoms with Crippen molar-refractivity contribution in [2.75, 3.05) is 13.1 Å². The van der Waals surface area contributed by atoms with Gasteiger partial charge < -0.3 is 9.30 Å². The maximum Gasteiger partial charge on any atom is 0.387 e. The van der Waals surface area contributed by atoms with Crippen LogP contribution in [0, 0.1) is 0 Å². The molecule has 6 rings (SSSR count). The van der Waals surface area contributed by atoms with E-state index in [2.05, 4.69) is 36.5 Å². The fourth-order valence-electron chi connectivity index (χ4n) is 6.25. The Kier molecular flexibility index (Phi) is 6.77. The number of Topliss-reactive ketones (excluding diaryl/α,β-unsaturated/α-hetero) is 1. The van der Waals surface area contributed by atoms with Gasteiger partial charge >= 0.3 is 6.61 Å². The van der Waals surface area contributed by atoms with E-state index in [1.54, 1.807) is 12.1 Å². The molecule has 0 radical (unpaired) electrons. The summed E-state index contributed by atoms with van der Waals surface area (Å²) in [5.74, 6) is 1.34. The molecule has 0 fully saturated rings. The highest BCUT2D eigenvalue weighted by Crippen LogP contribution is 2.50. The summed E-state index contributed by atoms with van der Waals surface area (Å²) in [6, 6.07) is 10.4. The minimum absolute atomic E-state index is 0.0379. The Bertz CT molecular complexity index is 1650. The largest absolute Gasteiger partial charge is 0.434 e. The molecule has 41 heavy (non-hydrogen) atoms. The molecular weight excluding hydrogens is 524 g/mol. The molecule has 1 aliphatic carbocycles. The second-order valence-electron chi connectivity index (χ2n) is 11.1. The third kappa shape index (κ3) is 4.54. The molecule has 7 nitrogen and oxygen atoms in total. The molecule has 2 aliphatic rings. The van der Waals surface area contributed by atoms with E-state index in [1.165, 1.54) is 6.07 Å². The molecule has 0 saturated heterocycles. The Morgan fingerprint density at radius 1 is 1.12 bits per heavy atom. The van der Waals surface area contributed by atoms with E-state index in [9.17, 15) is 13.6 Å². The summed E-state index contributed by atoms with van der Waals surface area (Å²) in [6.07, 6.45) is 8.22. The van der Waals surface area contributed by atoms with Gasteiger partial charge in [0.1, 0.15) is 17.4 Å². The molecule has 0 N–H and O–H groups in total. The predicted molar refractivity (Wildman–Crippen MR) is 153 cm³/mol. The lowest BCUT2D eigenvalue weighted by atomic mass is 9.97. The summed E-state index contributed by atoms with van der Waals surface area (Å²) in [5.41, 5.74) is 3.91. The first kappa shape index (κ1) is 27.0. The Hall–Kier alpha value is -4.24. The molecule has 0 amide bonds. The van der Waals surface area contributed by atoms with Gasteiger partial charge in [0.2, 0.25) is 0 Å². The number of carbonyl (C=O) groups is 1. The van der Waals surface area contributed by atoms with Crippen molar-refractivity contribution in [3.05, 3.63) is 96.9 Å². The van der Waals surface area contributed by atoms with E-state index in [4.69, 9.17) is 19.7 Å². The van der Waals surface area contributed by atoms with E-state index >= 15 is 0 Å². The fourth-order valence-corrected chi connectivity index (χ4v) is 6.25. The number of hydrogen-bond donors (Lipinski definition) is 0. The first-order chi connectivity index (χ1) is 19.7. The molecule has 210 valence electrons. The number of alkyl halides is 2. The van der Waals surface area contributed by atoms with Crippen molar-refractivity contribution >= 4 is 16.8 Å². The molecule has 2 aromatic heterocycles. The van der Waals surface area contributed by atoms with Crippen LogP contribution in [0.4, 0.5) is 8.78 Å². The van der Waals surface area contributed by atoms with Gasteiger partial charge in [-0.05, 0) is 44.0 Å². The van der Waals surface area contributed by atoms with Crippen molar-refractivity contribution in [1.82, 2.24) is 24.4 Å². The van der Waals surface area contributed by atoms with E-state index in [1.807, 2.05) is 42.7 Å². The minimum atomic E-state index is -2.99. The second kappa shape index (κ2) is 10.3. The van der Waals surface area contributed by atoms with Crippen LogP contribution in [0.3, 0.4) is 0 Å². The van der Waals surface area contributed by atoms with E-state index in [-0.39, 0.29) is 29.9 Å². The first-order valence-electron chi connectivity index (χ1n) is 13.7. The molecule has 0 unspecified atom stereocenters. The van der Waals surface area contributed by atoms with Crippen LogP contribution >= 0.6 is 0 Å². The molecule has 2 bridgehead atoms. The zero-order chi connectivity index (χ0) is 28.9. The Morgan fingerprint density at radius 2 is 1.85 bits per heavy atom. The van der Waals surface area contributed by atoms with E-state index in [0.717, 1.165) is 28.0 Å². The zero-order valence-corrected chi connectivity index (χ0v) is 23.1. The SMILES string of the molecule is C=CCN(CC=C)C(C)(C)c1ncc(-c2ccc3nc4n(c3c2)[C@@H]2C[C@H]4CC(=O)c3cccc(OC(F)F)c32)cn1. The van der Waals surface area contributed by atoms with Crippen LogP contribution in [0.5, 0.6) is 5.75 Å². The highest BCUT2D eigenvalue weighted by molar-refractivity contribution is 6.00. The zero-order valence-electron chi connectivity index (χ0n) is 23.1. The smallest absolute Gasteiger partial charge is 0.387 e. The average molecular weight is 556 g/mol. The monoisotopic (exact) mass is 555 g/mol. The number of fused-ring (bicyclic) bond motifs is 9. The van der Waals surface area contributed by atoms with Gasteiger partial charge in [-0.25, -0.2) is 15.0 Å². The van der Waals surface area contributed by atoms with Gasteiger partial charge in [-0.15, -0.1) is 13.2 Å². The van der Waals surface area contributed by atoms with Crippen molar-refractivity contribution in [3.8, 4) is 16.9 Å². The normalized spacial score (nSPS) is 18.0. The standard InChI is InChI=1S/C32H31F2N5O2/c1-5-12-38(13-6-2)32(3,4)30-35-17-21(18-36-30)19-10-11-23-24(14-19)39-25-15-20(29(39)37-23)16-26(40)22-8-7-9-27(28(22)25)41-31(33)34/h5-11,14,17-18,20,25,31H,1-2,12-13,15-16H2,3-4H3/t20-,25+/m0/s1. The van der Waals surface area contributed by atoms with Crippen molar-refractivity contribution in [2.45, 2.75) is 50.8 Å². The summed E-state index contributed by atoms with van der Waals surface area (Å²) < 4.78 is 33.7. The molecule has 2 atom stereocenters. The van der Waals surface area contributed by atoms with Gasteiger partial charge in [0.05, 0.1) is 22.6 Å². The topological polar surface area (TPSA) is 73.1 Å². The summed E-state index contributed by atoms with van der Waals surface area (Å²) in [4.78, 5) is 29.6. The van der Waals surface area contributed by atoms with Crippen molar-refractivity contribution in [1.29, 1.82) is 0 Å². The van der Waals surface area contributed by atoms with E-state index < -0.39 is 12.2 Å². The Balaban J connectivity index is 1.40. The molecular formula is C32H31F2N5O2. The van der Waals surface area contributed by atoms with Crippen molar-refractivity contribution in [2.24, 2.45) is 0 Å². The lowest BCUT2D eigenvalue weighted by Gasteiger charge is -2.35. The maximum atomic E-state index is 13.3. The number of ketones is 1. The van der Waals surface area contributed by atoms with Crippen LogP contribution in [0.25, 0.3) is 22.2 Å². The molecule has 3 heterocycles. The molecule has 0 saturated carbocycles. The van der Waals surface area contributed by atoms with Crippen molar-refractivity contribution in [3.63, 3.8) is 0 Å². The predicted octanol–water partition coefficient (Wildman–Crippen LogP) is 6.67. The van der Waals surface area contributed by atoms with Crippen LogP contribution in [0.15, 0.2) is 74.1 Å². The van der Waals surface area contributed by atoms with Gasteiger partial charge in [0.15, 0.2) is 5.78 Å². The fraction of sp³-hybridized carbons (Fsp3) is 0.312. The average Bonchev–Trinajstić information content (AvgIpc) is 3.44. The number of halogens is 2. The Labute approximate surface area is 237 Å². The molecule has 2 aromatic carbocycles. The number of hydrogen-bond acceptors (Lipinski definition) is 6. The summed E-state index contributed by atoms with van der Waals surface area (Å²) in [5, 5.41) is 0. The van der Waals surface area contributed by atoms with Crippen LogP contribution in [-0.2, 0) is 5.54 Å². The summed E-state index contributed by atoms with van der Waals surface area (Å²) in [6.45, 7) is 10.2. The maximum absolute atomic E-state index is 13.3. The van der Waals surface area contributed by atoms with Crippen LogP contribution in [0.1, 0.15) is 66.2 Å². The first-order valence-corrected chi connectivity index (χ1v) is 13.7. The molecule has 9 heteroatoms. The number of rotatable bonds is 9. The van der Waals surface area contributed by atoms with Gasteiger partial charge in [0.25, 0.3) is 0 Å². The third-order valence-electron chi connectivity index (χ3n) is 8.27. The highest BCUT2D eigenvalue weighted by atomic mass is 19.3. The van der Waals surface area contributed by atoms with Crippen LogP contribution in [0.2, 0.25) is 0 Å². The number of benzene rings is 2. The van der Waals surface area contributed by atoms with Gasteiger partial charge in [-0.1, -0.05) is 30.4 Å². The Morgan fingerprint density at radius 3 is 2.54 bits per heavy atom. The quantitative estimate of drug-likeness (QED) is 0.215. The number of carbonyl (C=O) groups excluding carboxylic acids is 1. The van der Waals surface area contributed by atoms with Gasteiger partial charge in [-0.3, -0.25) is 9.69 Å². The van der Waals surface area contributed by atoms with Crippen LogP contribution in [-0.4, -0.2) is 49.9 Å². The lowest BCUT2D eigenvalue weighted by molar-refractivity contribution is -0.0507. The molecule has 0 spiro atoms. The molecule has 1 aliphatic heterocycles. The lowest BCUT2D eigenvalue weighted by Crippen LogP contribution is -2.43. The summed E-state index contributed by atoms with van der Waals surface area (Å²) >= 11 is 0. The highest BCUT2D eigenvalue weighted by Gasteiger charge is 2.42. The van der Waals surface area contributed by atoms with Gasteiger partial charge in [-0.2, -0.15) is 8.78 Å². The van der Waals surface area contributed by atoms with E-state index in [0.29, 0.717) is 36.5 Å².